The molecule has 1 aromatic rings. The predicted octanol–water partition coefficient (Wildman–Crippen LogP) is 2.30. The molecule has 72 valence electrons. The lowest BCUT2D eigenvalue weighted by atomic mass is 10.4. The van der Waals surface area contributed by atoms with E-state index in [9.17, 15) is 0 Å². The van der Waals surface area contributed by atoms with Crippen molar-refractivity contribution in [3.8, 4) is 0 Å². The zero-order chi connectivity index (χ0) is 9.84. The molecule has 1 heterocycles. The van der Waals surface area contributed by atoms with Crippen molar-refractivity contribution in [3.63, 3.8) is 0 Å². The van der Waals surface area contributed by atoms with Crippen LogP contribution in [-0.2, 0) is 0 Å². The van der Waals surface area contributed by atoms with Crippen LogP contribution in [0.2, 0.25) is 0 Å². The molecule has 5 heteroatoms. The number of halogens is 2. The molecule has 0 spiro atoms. The number of aromatic nitrogens is 2. The van der Waals surface area contributed by atoms with Crippen LogP contribution < -0.4 is 4.90 Å². The molecular weight excluding hydrogens is 345 g/mol. The summed E-state index contributed by atoms with van der Waals surface area (Å²) in [6.07, 6.45) is 3.39. The SMILES string of the molecule is CC(Br)CN(C)c1ncncc1I. The van der Waals surface area contributed by atoms with E-state index in [0.29, 0.717) is 4.83 Å². The van der Waals surface area contributed by atoms with E-state index >= 15 is 0 Å². The minimum absolute atomic E-state index is 0.461. The van der Waals surface area contributed by atoms with Gasteiger partial charge in [0.05, 0.1) is 3.57 Å². The standard InChI is InChI=1S/C8H11BrIN3/c1-6(9)4-13(2)8-7(10)3-11-5-12-8/h3,5-6H,4H2,1-2H3. The van der Waals surface area contributed by atoms with Crippen molar-refractivity contribution in [2.24, 2.45) is 0 Å². The van der Waals surface area contributed by atoms with Crippen LogP contribution in [0.25, 0.3) is 0 Å². The summed E-state index contributed by atoms with van der Waals surface area (Å²) in [5, 5.41) is 0. The molecule has 3 nitrogen and oxygen atoms in total. The highest BCUT2D eigenvalue weighted by atomic mass is 127. The second kappa shape index (κ2) is 5.09. The van der Waals surface area contributed by atoms with Gasteiger partial charge in [-0.25, -0.2) is 9.97 Å². The molecule has 1 rings (SSSR count). The average Bonchev–Trinajstić information content (AvgIpc) is 2.03. The van der Waals surface area contributed by atoms with Crippen LogP contribution in [0.3, 0.4) is 0 Å². The lowest BCUT2D eigenvalue weighted by molar-refractivity contribution is 0.852. The Morgan fingerprint density at radius 2 is 2.38 bits per heavy atom. The Bertz CT molecular complexity index is 280. The van der Waals surface area contributed by atoms with Crippen molar-refractivity contribution in [2.45, 2.75) is 11.8 Å². The topological polar surface area (TPSA) is 29.0 Å². The largest absolute Gasteiger partial charge is 0.358 e. The maximum absolute atomic E-state index is 4.22. The summed E-state index contributed by atoms with van der Waals surface area (Å²) < 4.78 is 1.08. The molecule has 0 aliphatic carbocycles. The quantitative estimate of drug-likeness (QED) is 0.615. The molecule has 0 aliphatic rings. The highest BCUT2D eigenvalue weighted by Crippen LogP contribution is 2.17. The van der Waals surface area contributed by atoms with Gasteiger partial charge in [0, 0.05) is 24.6 Å². The number of hydrogen-bond donors (Lipinski definition) is 0. The van der Waals surface area contributed by atoms with E-state index in [1.165, 1.54) is 0 Å². The Kier molecular flexibility index (Phi) is 4.37. The Morgan fingerprint density at radius 3 is 2.92 bits per heavy atom. The van der Waals surface area contributed by atoms with Gasteiger partial charge >= 0.3 is 0 Å². The van der Waals surface area contributed by atoms with E-state index in [2.05, 4.69) is 60.3 Å². The first kappa shape index (κ1) is 11.2. The first-order chi connectivity index (χ1) is 6.11. The van der Waals surface area contributed by atoms with E-state index in [1.54, 1.807) is 6.33 Å². The fraction of sp³-hybridized carbons (Fsp3) is 0.500. The van der Waals surface area contributed by atoms with Crippen molar-refractivity contribution >= 4 is 44.3 Å². The van der Waals surface area contributed by atoms with E-state index in [1.807, 2.05) is 13.2 Å². The molecule has 0 radical (unpaired) electrons. The molecule has 0 aromatic carbocycles. The van der Waals surface area contributed by atoms with E-state index in [-0.39, 0.29) is 0 Å². The number of rotatable bonds is 3. The predicted molar refractivity (Wildman–Crippen MR) is 66.4 cm³/mol. The van der Waals surface area contributed by atoms with Crippen molar-refractivity contribution in [2.75, 3.05) is 18.5 Å². The number of alkyl halides is 1. The fourth-order valence-corrected chi connectivity index (χ4v) is 2.20. The van der Waals surface area contributed by atoms with Gasteiger partial charge < -0.3 is 4.90 Å². The monoisotopic (exact) mass is 355 g/mol. The smallest absolute Gasteiger partial charge is 0.145 e. The average molecular weight is 356 g/mol. The molecule has 0 N–H and O–H groups in total. The van der Waals surface area contributed by atoms with Gasteiger partial charge in [0.15, 0.2) is 0 Å². The molecule has 1 atom stereocenters. The van der Waals surface area contributed by atoms with Crippen molar-refractivity contribution < 1.29 is 0 Å². The van der Waals surface area contributed by atoms with Gasteiger partial charge in [0.1, 0.15) is 12.1 Å². The van der Waals surface area contributed by atoms with Crippen molar-refractivity contribution in [1.82, 2.24) is 9.97 Å². The summed E-state index contributed by atoms with van der Waals surface area (Å²) in [4.78, 5) is 10.7. The molecular formula is C8H11BrIN3. The lowest BCUT2D eigenvalue weighted by Crippen LogP contribution is -2.25. The van der Waals surface area contributed by atoms with Gasteiger partial charge in [-0.1, -0.05) is 22.9 Å². The molecule has 0 fully saturated rings. The summed E-state index contributed by atoms with van der Waals surface area (Å²) >= 11 is 5.75. The third-order valence-electron chi connectivity index (χ3n) is 1.54. The van der Waals surface area contributed by atoms with Crippen LogP contribution in [-0.4, -0.2) is 28.4 Å². The van der Waals surface area contributed by atoms with Gasteiger partial charge in [-0.05, 0) is 22.6 Å². The Morgan fingerprint density at radius 1 is 1.69 bits per heavy atom. The highest BCUT2D eigenvalue weighted by Gasteiger charge is 2.08. The first-order valence-corrected chi connectivity index (χ1v) is 5.91. The number of hydrogen-bond acceptors (Lipinski definition) is 3. The van der Waals surface area contributed by atoms with E-state index < -0.39 is 0 Å². The van der Waals surface area contributed by atoms with Crippen LogP contribution in [0.5, 0.6) is 0 Å². The zero-order valence-electron chi connectivity index (χ0n) is 7.54. The molecule has 0 bridgehead atoms. The summed E-state index contributed by atoms with van der Waals surface area (Å²) in [5.41, 5.74) is 0. The summed E-state index contributed by atoms with van der Waals surface area (Å²) in [7, 11) is 2.03. The maximum atomic E-state index is 4.22. The van der Waals surface area contributed by atoms with E-state index in [0.717, 1.165) is 15.9 Å². The first-order valence-electron chi connectivity index (χ1n) is 3.92. The van der Waals surface area contributed by atoms with Crippen LogP contribution >= 0.6 is 38.5 Å². The molecule has 0 saturated carbocycles. The van der Waals surface area contributed by atoms with Gasteiger partial charge in [-0.15, -0.1) is 0 Å². The molecule has 1 aromatic heterocycles. The Hall–Kier alpha value is 0.0900. The maximum Gasteiger partial charge on any atom is 0.145 e. The minimum atomic E-state index is 0.461. The fourth-order valence-electron chi connectivity index (χ4n) is 1.05. The minimum Gasteiger partial charge on any atom is -0.358 e. The second-order valence-electron chi connectivity index (χ2n) is 2.86. The van der Waals surface area contributed by atoms with Gasteiger partial charge in [-0.3, -0.25) is 0 Å². The molecule has 0 aliphatic heterocycles. The van der Waals surface area contributed by atoms with Gasteiger partial charge in [-0.2, -0.15) is 0 Å². The molecule has 1 unspecified atom stereocenters. The van der Waals surface area contributed by atoms with Crippen molar-refractivity contribution in [3.05, 3.63) is 16.1 Å². The molecule has 13 heavy (non-hydrogen) atoms. The van der Waals surface area contributed by atoms with Gasteiger partial charge in [0.25, 0.3) is 0 Å². The molecule has 0 amide bonds. The van der Waals surface area contributed by atoms with Crippen molar-refractivity contribution in [1.29, 1.82) is 0 Å². The van der Waals surface area contributed by atoms with Crippen LogP contribution in [0.1, 0.15) is 6.92 Å². The summed E-state index contributed by atoms with van der Waals surface area (Å²) in [6, 6.07) is 0. The number of anilines is 1. The lowest BCUT2D eigenvalue weighted by Gasteiger charge is -2.20. The normalized spacial score (nSPS) is 12.6. The van der Waals surface area contributed by atoms with Crippen LogP contribution in [0, 0.1) is 3.57 Å². The summed E-state index contributed by atoms with van der Waals surface area (Å²) in [6.45, 7) is 3.05. The highest BCUT2D eigenvalue weighted by molar-refractivity contribution is 14.1. The summed E-state index contributed by atoms with van der Waals surface area (Å²) in [5.74, 6) is 0.988. The second-order valence-corrected chi connectivity index (χ2v) is 5.58. The van der Waals surface area contributed by atoms with Crippen LogP contribution in [0.15, 0.2) is 12.5 Å². The number of nitrogens with zero attached hydrogens (tertiary/aromatic N) is 3. The van der Waals surface area contributed by atoms with Crippen LogP contribution in [0.4, 0.5) is 5.82 Å². The zero-order valence-corrected chi connectivity index (χ0v) is 11.3. The Labute approximate surface area is 100 Å². The van der Waals surface area contributed by atoms with Gasteiger partial charge in [0.2, 0.25) is 0 Å². The third kappa shape index (κ3) is 3.38. The third-order valence-corrected chi connectivity index (χ3v) is 2.59. The Balaban J connectivity index is 2.76. The van der Waals surface area contributed by atoms with E-state index in [4.69, 9.17) is 0 Å². The molecule has 0 saturated heterocycles.